The second-order valence-electron chi connectivity index (χ2n) is 6.77. The molecule has 2 heterocycles. The SMILES string of the molecule is CC(C)(C)c1cc2cc(F)ccc2c2nc3ccccc3n12. The summed E-state index contributed by atoms with van der Waals surface area (Å²) in [5, 5.41) is 1.87. The molecule has 0 amide bonds. The van der Waals surface area contributed by atoms with Crippen LogP contribution in [-0.4, -0.2) is 9.38 Å². The van der Waals surface area contributed by atoms with Crippen molar-refractivity contribution in [2.75, 3.05) is 0 Å². The molecule has 0 bridgehead atoms. The molecule has 0 aliphatic rings. The average Bonchev–Trinajstić information content (AvgIpc) is 2.84. The molecule has 0 N–H and O–H groups in total. The van der Waals surface area contributed by atoms with Gasteiger partial charge in [-0.25, -0.2) is 9.37 Å². The first kappa shape index (κ1) is 13.3. The maximum Gasteiger partial charge on any atom is 0.146 e. The molecule has 4 rings (SSSR count). The Hall–Kier alpha value is -2.42. The lowest BCUT2D eigenvalue weighted by Gasteiger charge is -2.22. The van der Waals surface area contributed by atoms with Gasteiger partial charge in [0.2, 0.25) is 0 Å². The van der Waals surface area contributed by atoms with E-state index in [0.717, 1.165) is 33.1 Å². The zero-order chi connectivity index (χ0) is 15.5. The van der Waals surface area contributed by atoms with Crippen molar-refractivity contribution in [1.82, 2.24) is 9.38 Å². The van der Waals surface area contributed by atoms with Gasteiger partial charge in [-0.3, -0.25) is 4.40 Å². The highest BCUT2D eigenvalue weighted by Gasteiger charge is 2.21. The van der Waals surface area contributed by atoms with Crippen LogP contribution in [-0.2, 0) is 5.41 Å². The van der Waals surface area contributed by atoms with Gasteiger partial charge in [0.1, 0.15) is 11.5 Å². The van der Waals surface area contributed by atoms with Crippen LogP contribution in [0.4, 0.5) is 4.39 Å². The van der Waals surface area contributed by atoms with Crippen molar-refractivity contribution in [1.29, 1.82) is 0 Å². The highest BCUT2D eigenvalue weighted by Crippen LogP contribution is 2.32. The molecule has 110 valence electrons. The monoisotopic (exact) mass is 292 g/mol. The molecule has 4 aromatic rings. The first-order valence-electron chi connectivity index (χ1n) is 7.45. The predicted octanol–water partition coefficient (Wildman–Crippen LogP) is 5.08. The summed E-state index contributed by atoms with van der Waals surface area (Å²) < 4.78 is 15.8. The van der Waals surface area contributed by atoms with Crippen LogP contribution in [0.2, 0.25) is 0 Å². The van der Waals surface area contributed by atoms with Gasteiger partial charge in [-0.05, 0) is 41.8 Å². The Morgan fingerprint density at radius 2 is 1.77 bits per heavy atom. The molecule has 2 aromatic heterocycles. The lowest BCUT2D eigenvalue weighted by molar-refractivity contribution is 0.564. The summed E-state index contributed by atoms with van der Waals surface area (Å²) in [4.78, 5) is 4.79. The summed E-state index contributed by atoms with van der Waals surface area (Å²) in [5.41, 5.74) is 4.01. The molecule has 0 saturated carbocycles. The molecule has 0 aliphatic carbocycles. The minimum atomic E-state index is -0.215. The van der Waals surface area contributed by atoms with Gasteiger partial charge in [0, 0.05) is 16.5 Å². The largest absolute Gasteiger partial charge is 0.296 e. The Morgan fingerprint density at radius 3 is 2.55 bits per heavy atom. The van der Waals surface area contributed by atoms with E-state index in [4.69, 9.17) is 4.98 Å². The summed E-state index contributed by atoms with van der Waals surface area (Å²) in [6, 6.07) is 15.1. The Balaban J connectivity index is 2.31. The van der Waals surface area contributed by atoms with Gasteiger partial charge < -0.3 is 0 Å². The van der Waals surface area contributed by atoms with Gasteiger partial charge in [0.15, 0.2) is 0 Å². The number of para-hydroxylation sites is 2. The quantitative estimate of drug-likeness (QED) is 0.442. The minimum absolute atomic E-state index is 0.0672. The van der Waals surface area contributed by atoms with Gasteiger partial charge in [-0.1, -0.05) is 32.9 Å². The van der Waals surface area contributed by atoms with Crippen molar-refractivity contribution in [3.8, 4) is 0 Å². The van der Waals surface area contributed by atoms with Crippen LogP contribution in [0.1, 0.15) is 26.5 Å². The van der Waals surface area contributed by atoms with Gasteiger partial charge in [0.05, 0.1) is 11.0 Å². The number of hydrogen-bond donors (Lipinski definition) is 0. The van der Waals surface area contributed by atoms with Gasteiger partial charge >= 0.3 is 0 Å². The first-order chi connectivity index (χ1) is 10.4. The van der Waals surface area contributed by atoms with E-state index in [1.807, 2.05) is 24.3 Å². The standard InChI is InChI=1S/C19H17FN2/c1-19(2,3)17-11-12-10-13(20)8-9-14(12)18-21-15-6-4-5-7-16(15)22(17)18/h4-11H,1-3H3. The average molecular weight is 292 g/mol. The van der Waals surface area contributed by atoms with E-state index in [9.17, 15) is 4.39 Å². The topological polar surface area (TPSA) is 17.3 Å². The zero-order valence-corrected chi connectivity index (χ0v) is 12.9. The lowest BCUT2D eigenvalue weighted by atomic mass is 9.90. The summed E-state index contributed by atoms with van der Waals surface area (Å²) in [6.45, 7) is 6.50. The normalized spacial score (nSPS) is 12.5. The molecule has 0 aliphatic heterocycles. The fraction of sp³-hybridized carbons (Fsp3) is 0.211. The van der Waals surface area contributed by atoms with Gasteiger partial charge in [-0.2, -0.15) is 0 Å². The highest BCUT2D eigenvalue weighted by molar-refractivity contribution is 5.98. The van der Waals surface area contributed by atoms with Crippen LogP contribution < -0.4 is 0 Å². The molecular weight excluding hydrogens is 275 g/mol. The number of hydrogen-bond acceptors (Lipinski definition) is 1. The zero-order valence-electron chi connectivity index (χ0n) is 12.9. The number of nitrogens with zero attached hydrogens (tertiary/aromatic N) is 2. The number of fused-ring (bicyclic) bond motifs is 5. The molecule has 0 spiro atoms. The first-order valence-corrected chi connectivity index (χ1v) is 7.45. The molecule has 2 aromatic carbocycles. The van der Waals surface area contributed by atoms with Crippen molar-refractivity contribution in [3.63, 3.8) is 0 Å². The maximum atomic E-state index is 13.6. The van der Waals surface area contributed by atoms with Gasteiger partial charge in [-0.15, -0.1) is 0 Å². The van der Waals surface area contributed by atoms with Crippen LogP contribution in [0.25, 0.3) is 27.5 Å². The third kappa shape index (κ3) is 1.82. The summed E-state index contributed by atoms with van der Waals surface area (Å²) in [7, 11) is 0. The van der Waals surface area contributed by atoms with E-state index in [-0.39, 0.29) is 11.2 Å². The molecule has 0 atom stereocenters. The summed E-state index contributed by atoms with van der Waals surface area (Å²) in [5.74, 6) is -0.215. The van der Waals surface area contributed by atoms with Crippen LogP contribution in [0.5, 0.6) is 0 Å². The number of aromatic nitrogens is 2. The molecular formula is C19H17FN2. The molecule has 2 nitrogen and oxygen atoms in total. The molecule has 0 saturated heterocycles. The van der Waals surface area contributed by atoms with Crippen molar-refractivity contribution in [2.24, 2.45) is 0 Å². The molecule has 22 heavy (non-hydrogen) atoms. The van der Waals surface area contributed by atoms with Crippen LogP contribution in [0.15, 0.2) is 48.5 Å². The third-order valence-corrected chi connectivity index (χ3v) is 4.12. The third-order valence-electron chi connectivity index (χ3n) is 4.12. The van der Waals surface area contributed by atoms with E-state index >= 15 is 0 Å². The summed E-state index contributed by atoms with van der Waals surface area (Å²) >= 11 is 0. The summed E-state index contributed by atoms with van der Waals surface area (Å²) in [6.07, 6.45) is 0. The molecule has 0 radical (unpaired) electrons. The number of rotatable bonds is 0. The number of pyridine rings is 1. The Labute approximate surface area is 128 Å². The fourth-order valence-electron chi connectivity index (χ4n) is 3.07. The van der Waals surface area contributed by atoms with Gasteiger partial charge in [0.25, 0.3) is 0 Å². The van der Waals surface area contributed by atoms with Crippen molar-refractivity contribution < 1.29 is 4.39 Å². The molecule has 3 heteroatoms. The number of halogens is 1. The smallest absolute Gasteiger partial charge is 0.146 e. The van der Waals surface area contributed by atoms with E-state index in [1.54, 1.807) is 6.07 Å². The fourth-order valence-corrected chi connectivity index (χ4v) is 3.07. The number of imidazole rings is 1. The van der Waals surface area contributed by atoms with Crippen LogP contribution >= 0.6 is 0 Å². The lowest BCUT2D eigenvalue weighted by Crippen LogP contribution is -2.16. The van der Waals surface area contributed by atoms with Crippen LogP contribution in [0, 0.1) is 5.82 Å². The van der Waals surface area contributed by atoms with E-state index in [2.05, 4.69) is 37.3 Å². The van der Waals surface area contributed by atoms with Crippen molar-refractivity contribution in [3.05, 3.63) is 60.0 Å². The number of benzene rings is 2. The Morgan fingerprint density at radius 1 is 1.00 bits per heavy atom. The van der Waals surface area contributed by atoms with Crippen molar-refractivity contribution >= 4 is 27.5 Å². The van der Waals surface area contributed by atoms with Crippen molar-refractivity contribution in [2.45, 2.75) is 26.2 Å². The minimum Gasteiger partial charge on any atom is -0.296 e. The molecule has 0 fully saturated rings. The highest BCUT2D eigenvalue weighted by atomic mass is 19.1. The Kier molecular flexibility index (Phi) is 2.59. The van der Waals surface area contributed by atoms with E-state index in [1.165, 1.54) is 6.07 Å². The molecule has 0 unspecified atom stereocenters. The second kappa shape index (κ2) is 4.29. The maximum absolute atomic E-state index is 13.6. The predicted molar refractivity (Wildman–Crippen MR) is 88.9 cm³/mol. The Bertz CT molecular complexity index is 1020. The van der Waals surface area contributed by atoms with E-state index < -0.39 is 0 Å². The van der Waals surface area contributed by atoms with Crippen LogP contribution in [0.3, 0.4) is 0 Å². The van der Waals surface area contributed by atoms with E-state index in [0.29, 0.717) is 0 Å². The second-order valence-corrected chi connectivity index (χ2v) is 6.77.